The lowest BCUT2D eigenvalue weighted by molar-refractivity contribution is 0.477. The fraction of sp³-hybridized carbons (Fsp3) is 0.0526. The van der Waals surface area contributed by atoms with Gasteiger partial charge in [0.15, 0.2) is 0 Å². The quantitative estimate of drug-likeness (QED) is 0.532. The van der Waals surface area contributed by atoms with Crippen LogP contribution in [0.25, 0.3) is 27.3 Å². The van der Waals surface area contributed by atoms with E-state index in [9.17, 15) is 9.50 Å². The first kappa shape index (κ1) is 15.8. The van der Waals surface area contributed by atoms with Crippen molar-refractivity contribution in [1.29, 1.82) is 0 Å². The largest absolute Gasteiger partial charge is 0.507 e. The second-order valence-corrected chi connectivity index (χ2v) is 6.64. The molecule has 116 valence electrons. The van der Waals surface area contributed by atoms with E-state index >= 15 is 0 Å². The Labute approximate surface area is 143 Å². The maximum atomic E-state index is 14.5. The number of allylic oxidation sites excluding steroid dienone is 2. The van der Waals surface area contributed by atoms with Crippen molar-refractivity contribution in [3.8, 4) is 16.9 Å². The van der Waals surface area contributed by atoms with Crippen LogP contribution in [0.2, 0.25) is 5.02 Å². The minimum atomic E-state index is -0.365. The van der Waals surface area contributed by atoms with Gasteiger partial charge in [-0.05, 0) is 48.2 Å². The van der Waals surface area contributed by atoms with Gasteiger partial charge in [-0.25, -0.2) is 4.39 Å². The Balaban J connectivity index is 2.33. The molecule has 0 saturated carbocycles. The SMILES string of the molecule is C=C/C=C\c1sc2c(-c3ccc(Cl)cc3O)c(F)ccc2c1C. The van der Waals surface area contributed by atoms with Crippen molar-refractivity contribution in [2.45, 2.75) is 6.92 Å². The van der Waals surface area contributed by atoms with Gasteiger partial charge >= 0.3 is 0 Å². The van der Waals surface area contributed by atoms with Gasteiger partial charge in [0.05, 0.1) is 0 Å². The molecular formula is C19H14ClFOS. The smallest absolute Gasteiger partial charge is 0.132 e. The van der Waals surface area contributed by atoms with E-state index in [1.54, 1.807) is 24.3 Å². The number of hydrogen-bond donors (Lipinski definition) is 1. The third-order valence-electron chi connectivity index (χ3n) is 3.71. The molecule has 0 radical (unpaired) electrons. The van der Waals surface area contributed by atoms with Crippen LogP contribution < -0.4 is 0 Å². The van der Waals surface area contributed by atoms with E-state index in [0.717, 1.165) is 20.5 Å². The number of phenolic OH excluding ortho intramolecular Hbond substituents is 1. The molecule has 0 amide bonds. The summed E-state index contributed by atoms with van der Waals surface area (Å²) in [7, 11) is 0. The van der Waals surface area contributed by atoms with Crippen molar-refractivity contribution >= 4 is 39.1 Å². The summed E-state index contributed by atoms with van der Waals surface area (Å²) in [6.07, 6.45) is 5.51. The first-order valence-electron chi connectivity index (χ1n) is 7.02. The summed E-state index contributed by atoms with van der Waals surface area (Å²) in [6.45, 7) is 5.68. The first-order valence-corrected chi connectivity index (χ1v) is 8.22. The number of fused-ring (bicyclic) bond motifs is 1. The Morgan fingerprint density at radius 1 is 1.26 bits per heavy atom. The molecule has 0 aliphatic rings. The van der Waals surface area contributed by atoms with Crippen LogP contribution in [0.3, 0.4) is 0 Å². The van der Waals surface area contributed by atoms with Gasteiger partial charge in [0.2, 0.25) is 0 Å². The summed E-state index contributed by atoms with van der Waals surface area (Å²) in [4.78, 5) is 1.04. The molecular weight excluding hydrogens is 331 g/mol. The average molecular weight is 345 g/mol. The lowest BCUT2D eigenvalue weighted by Gasteiger charge is -2.08. The molecule has 0 aliphatic heterocycles. The van der Waals surface area contributed by atoms with Crippen molar-refractivity contribution in [2.24, 2.45) is 0 Å². The summed E-state index contributed by atoms with van der Waals surface area (Å²) in [5.74, 6) is -0.395. The summed E-state index contributed by atoms with van der Waals surface area (Å²) < 4.78 is 15.3. The number of halogens is 2. The average Bonchev–Trinajstić information content (AvgIpc) is 2.83. The Morgan fingerprint density at radius 2 is 2.04 bits per heavy atom. The highest BCUT2D eigenvalue weighted by molar-refractivity contribution is 7.20. The molecule has 0 aliphatic carbocycles. The third-order valence-corrected chi connectivity index (χ3v) is 5.23. The van der Waals surface area contributed by atoms with Crippen molar-refractivity contribution in [3.63, 3.8) is 0 Å². The van der Waals surface area contributed by atoms with Crippen LogP contribution in [-0.2, 0) is 0 Å². The van der Waals surface area contributed by atoms with E-state index < -0.39 is 0 Å². The number of thiophene rings is 1. The second kappa shape index (κ2) is 6.19. The number of phenols is 1. The predicted octanol–water partition coefficient (Wildman–Crippen LogP) is 6.57. The highest BCUT2D eigenvalue weighted by atomic mass is 35.5. The van der Waals surface area contributed by atoms with Gasteiger partial charge in [0.1, 0.15) is 11.6 Å². The van der Waals surface area contributed by atoms with Gasteiger partial charge < -0.3 is 5.11 Å². The van der Waals surface area contributed by atoms with Crippen LogP contribution in [0.15, 0.2) is 49.1 Å². The number of aryl methyl sites for hydroxylation is 1. The predicted molar refractivity (Wildman–Crippen MR) is 97.9 cm³/mol. The summed E-state index contributed by atoms with van der Waals surface area (Å²) >= 11 is 7.37. The molecule has 0 saturated heterocycles. The molecule has 4 heteroatoms. The zero-order valence-electron chi connectivity index (χ0n) is 12.4. The normalized spacial score (nSPS) is 11.4. The molecule has 1 aromatic heterocycles. The lowest BCUT2D eigenvalue weighted by atomic mass is 10.0. The van der Waals surface area contributed by atoms with Crippen LogP contribution in [0.1, 0.15) is 10.4 Å². The van der Waals surface area contributed by atoms with Gasteiger partial charge in [-0.15, -0.1) is 11.3 Å². The zero-order valence-corrected chi connectivity index (χ0v) is 14.0. The van der Waals surface area contributed by atoms with Gasteiger partial charge in [0, 0.05) is 25.7 Å². The van der Waals surface area contributed by atoms with E-state index in [1.165, 1.54) is 23.5 Å². The molecule has 0 spiro atoms. The monoisotopic (exact) mass is 344 g/mol. The molecule has 1 N–H and O–H groups in total. The van der Waals surface area contributed by atoms with E-state index in [2.05, 4.69) is 6.58 Å². The van der Waals surface area contributed by atoms with Gasteiger partial charge in [-0.1, -0.05) is 36.4 Å². The maximum Gasteiger partial charge on any atom is 0.132 e. The molecule has 2 aromatic carbocycles. The van der Waals surface area contributed by atoms with E-state index in [4.69, 9.17) is 11.6 Å². The Hall–Kier alpha value is -2.10. The van der Waals surface area contributed by atoms with Crippen molar-refractivity contribution in [1.82, 2.24) is 0 Å². The molecule has 0 bridgehead atoms. The van der Waals surface area contributed by atoms with Crippen LogP contribution >= 0.6 is 22.9 Å². The fourth-order valence-corrected chi connectivity index (χ4v) is 4.00. The zero-order chi connectivity index (χ0) is 16.6. The fourth-order valence-electron chi connectivity index (χ4n) is 2.56. The third kappa shape index (κ3) is 2.78. The molecule has 1 nitrogen and oxygen atoms in total. The highest BCUT2D eigenvalue weighted by Crippen LogP contribution is 2.43. The molecule has 0 atom stereocenters. The van der Waals surface area contributed by atoms with Gasteiger partial charge in [-0.2, -0.15) is 0 Å². The molecule has 3 aromatic rings. The summed E-state index contributed by atoms with van der Waals surface area (Å²) in [5.41, 5.74) is 1.93. The minimum Gasteiger partial charge on any atom is -0.507 e. The lowest BCUT2D eigenvalue weighted by Crippen LogP contribution is -1.86. The van der Waals surface area contributed by atoms with Crippen LogP contribution in [0.4, 0.5) is 4.39 Å². The summed E-state index contributed by atoms with van der Waals surface area (Å²) in [5, 5.41) is 11.6. The Bertz CT molecular complexity index is 940. The number of hydrogen-bond acceptors (Lipinski definition) is 2. The van der Waals surface area contributed by atoms with E-state index in [1.807, 2.05) is 19.1 Å². The van der Waals surface area contributed by atoms with E-state index in [0.29, 0.717) is 16.1 Å². The van der Waals surface area contributed by atoms with Gasteiger partial charge in [0.25, 0.3) is 0 Å². The number of benzene rings is 2. The maximum absolute atomic E-state index is 14.5. The molecule has 23 heavy (non-hydrogen) atoms. The summed E-state index contributed by atoms with van der Waals surface area (Å²) in [6, 6.07) is 7.93. The minimum absolute atomic E-state index is 0.0295. The van der Waals surface area contributed by atoms with Crippen molar-refractivity contribution in [2.75, 3.05) is 0 Å². The van der Waals surface area contributed by atoms with Crippen LogP contribution in [0.5, 0.6) is 5.75 Å². The number of aromatic hydroxyl groups is 1. The molecule has 0 unspecified atom stereocenters. The molecule has 0 fully saturated rings. The first-order chi connectivity index (χ1) is 11.0. The second-order valence-electron chi connectivity index (χ2n) is 5.15. The number of rotatable bonds is 3. The topological polar surface area (TPSA) is 20.2 Å². The molecule has 3 rings (SSSR count). The van der Waals surface area contributed by atoms with Crippen molar-refractivity contribution < 1.29 is 9.50 Å². The highest BCUT2D eigenvalue weighted by Gasteiger charge is 2.18. The van der Waals surface area contributed by atoms with Crippen LogP contribution in [-0.4, -0.2) is 5.11 Å². The molecule has 1 heterocycles. The van der Waals surface area contributed by atoms with Crippen molar-refractivity contribution in [3.05, 3.63) is 70.3 Å². The van der Waals surface area contributed by atoms with Crippen LogP contribution in [0, 0.1) is 12.7 Å². The Morgan fingerprint density at radius 3 is 2.74 bits per heavy atom. The van der Waals surface area contributed by atoms with Gasteiger partial charge in [-0.3, -0.25) is 0 Å². The van der Waals surface area contributed by atoms with E-state index in [-0.39, 0.29) is 11.6 Å². The Kier molecular flexibility index (Phi) is 4.24. The standard InChI is InChI=1S/C19H14ClFOS/c1-3-4-5-17-11(2)13-8-9-15(21)18(19(13)23-17)14-7-6-12(20)10-16(14)22/h3-10,22H,1H2,2H3/b5-4-.